The first kappa shape index (κ1) is 20.5. The van der Waals surface area contributed by atoms with Crippen molar-refractivity contribution in [3.05, 3.63) is 88.7 Å². The van der Waals surface area contributed by atoms with Crippen LogP contribution in [-0.2, 0) is 11.8 Å². The summed E-state index contributed by atoms with van der Waals surface area (Å²) in [5.41, 5.74) is 1.04. The summed E-state index contributed by atoms with van der Waals surface area (Å²) >= 11 is 5.81. The number of carbonyl (C=O) groups excluding carboxylic acids is 2. The first-order valence-electron chi connectivity index (χ1n) is 9.00. The van der Waals surface area contributed by atoms with E-state index in [2.05, 4.69) is 15.6 Å². The minimum Gasteiger partial charge on any atom is -0.352 e. The number of nitrogens with zero attached hydrogens (tertiary/aromatic N) is 2. The fourth-order valence-corrected chi connectivity index (χ4v) is 2.99. The highest BCUT2D eigenvalue weighted by atomic mass is 35.5. The Hall–Kier alpha value is -3.19. The minimum atomic E-state index is -0.606. The summed E-state index contributed by atoms with van der Waals surface area (Å²) in [6.45, 7) is 0.156. The van der Waals surface area contributed by atoms with Crippen LogP contribution >= 0.6 is 11.6 Å². The first-order chi connectivity index (χ1) is 13.9. The predicted molar refractivity (Wildman–Crippen MR) is 108 cm³/mol. The first-order valence-corrected chi connectivity index (χ1v) is 9.37. The molecule has 0 aliphatic heterocycles. The monoisotopic (exact) mass is 414 g/mol. The number of aromatic nitrogens is 2. The molecule has 2 amide bonds. The molecule has 3 aromatic rings. The number of carbonyl (C=O) groups is 2. The molecule has 0 saturated carbocycles. The molecule has 2 N–H and O–H groups in total. The molecule has 0 radical (unpaired) electrons. The van der Waals surface area contributed by atoms with Gasteiger partial charge in [0.1, 0.15) is 17.7 Å². The molecule has 0 aliphatic carbocycles. The van der Waals surface area contributed by atoms with Gasteiger partial charge < -0.3 is 15.2 Å². The third kappa shape index (κ3) is 5.42. The normalized spacial score (nSPS) is 11.7. The Bertz CT molecular complexity index is 1000. The van der Waals surface area contributed by atoms with Gasteiger partial charge in [-0.05, 0) is 42.0 Å². The van der Waals surface area contributed by atoms with Gasteiger partial charge in [-0.15, -0.1) is 0 Å². The van der Waals surface area contributed by atoms with E-state index in [9.17, 15) is 14.0 Å². The van der Waals surface area contributed by atoms with Crippen molar-refractivity contribution in [3.63, 3.8) is 0 Å². The van der Waals surface area contributed by atoms with Crippen LogP contribution in [0.5, 0.6) is 0 Å². The van der Waals surface area contributed by atoms with Gasteiger partial charge in [-0.1, -0.05) is 23.7 Å². The average Bonchev–Trinajstić information content (AvgIpc) is 3.12. The van der Waals surface area contributed by atoms with E-state index in [1.54, 1.807) is 60.4 Å². The summed E-state index contributed by atoms with van der Waals surface area (Å²) in [4.78, 5) is 28.9. The van der Waals surface area contributed by atoms with Gasteiger partial charge >= 0.3 is 0 Å². The van der Waals surface area contributed by atoms with E-state index in [1.165, 1.54) is 12.1 Å². The van der Waals surface area contributed by atoms with Gasteiger partial charge in [0, 0.05) is 43.0 Å². The molecule has 0 bridgehead atoms. The molecule has 0 fully saturated rings. The predicted octanol–water partition coefficient (Wildman–Crippen LogP) is 3.24. The van der Waals surface area contributed by atoms with E-state index in [1.807, 2.05) is 0 Å². The van der Waals surface area contributed by atoms with E-state index < -0.39 is 11.9 Å². The number of amides is 2. The highest BCUT2D eigenvalue weighted by Crippen LogP contribution is 2.21. The SMILES string of the molecule is Cn1ccnc1C(NC(=O)CCNC(=O)c1ccc(Cl)cc1)c1cccc(F)c1. The molecule has 2 aromatic carbocycles. The zero-order chi connectivity index (χ0) is 20.8. The molecule has 1 heterocycles. The van der Waals surface area contributed by atoms with Crippen LogP contribution in [0.2, 0.25) is 5.02 Å². The van der Waals surface area contributed by atoms with Crippen molar-refractivity contribution < 1.29 is 14.0 Å². The quantitative estimate of drug-likeness (QED) is 0.623. The molecule has 3 rings (SSSR count). The summed E-state index contributed by atoms with van der Waals surface area (Å²) in [7, 11) is 1.80. The summed E-state index contributed by atoms with van der Waals surface area (Å²) in [5.74, 6) is -0.403. The lowest BCUT2D eigenvalue weighted by molar-refractivity contribution is -0.121. The van der Waals surface area contributed by atoms with Gasteiger partial charge in [-0.3, -0.25) is 9.59 Å². The van der Waals surface area contributed by atoms with E-state index in [4.69, 9.17) is 11.6 Å². The molecular formula is C21H20ClFN4O2. The van der Waals surface area contributed by atoms with Crippen LogP contribution in [0.1, 0.15) is 34.2 Å². The summed E-state index contributed by atoms with van der Waals surface area (Å²) < 4.78 is 15.5. The zero-order valence-corrected chi connectivity index (χ0v) is 16.5. The number of benzene rings is 2. The molecular weight excluding hydrogens is 395 g/mol. The van der Waals surface area contributed by atoms with Gasteiger partial charge in [-0.2, -0.15) is 0 Å². The third-order valence-corrected chi connectivity index (χ3v) is 4.60. The molecule has 1 atom stereocenters. The van der Waals surface area contributed by atoms with E-state index in [-0.39, 0.29) is 24.8 Å². The largest absolute Gasteiger partial charge is 0.352 e. The van der Waals surface area contributed by atoms with Crippen LogP contribution in [0.15, 0.2) is 60.9 Å². The maximum Gasteiger partial charge on any atom is 0.251 e. The Morgan fingerprint density at radius 3 is 2.62 bits per heavy atom. The van der Waals surface area contributed by atoms with Gasteiger partial charge in [0.2, 0.25) is 5.91 Å². The van der Waals surface area contributed by atoms with Crippen LogP contribution in [-0.4, -0.2) is 27.9 Å². The summed E-state index contributed by atoms with van der Waals surface area (Å²) in [6, 6.07) is 11.9. The molecule has 29 heavy (non-hydrogen) atoms. The smallest absolute Gasteiger partial charge is 0.251 e. The van der Waals surface area contributed by atoms with Crippen molar-refractivity contribution in [2.24, 2.45) is 7.05 Å². The number of rotatable bonds is 7. The van der Waals surface area contributed by atoms with Gasteiger partial charge in [0.05, 0.1) is 0 Å². The Morgan fingerprint density at radius 2 is 1.97 bits per heavy atom. The third-order valence-electron chi connectivity index (χ3n) is 4.35. The van der Waals surface area contributed by atoms with E-state index in [0.29, 0.717) is 22.0 Å². The Balaban J connectivity index is 1.62. The minimum absolute atomic E-state index is 0.0650. The lowest BCUT2D eigenvalue weighted by Gasteiger charge is -2.19. The second-order valence-electron chi connectivity index (χ2n) is 6.46. The maximum absolute atomic E-state index is 13.7. The molecule has 6 nitrogen and oxygen atoms in total. The van der Waals surface area contributed by atoms with Crippen LogP contribution < -0.4 is 10.6 Å². The van der Waals surface area contributed by atoms with Gasteiger partial charge in [-0.25, -0.2) is 9.37 Å². The van der Waals surface area contributed by atoms with Crippen molar-refractivity contribution in [3.8, 4) is 0 Å². The standard InChI is InChI=1S/C21H20ClFN4O2/c1-27-12-11-24-20(27)19(15-3-2-4-17(23)13-15)26-18(28)9-10-25-21(29)14-5-7-16(22)8-6-14/h2-8,11-13,19H,9-10H2,1H3,(H,25,29)(H,26,28). The zero-order valence-electron chi connectivity index (χ0n) is 15.7. The van der Waals surface area contributed by atoms with E-state index >= 15 is 0 Å². The Labute approximate surface area is 172 Å². The van der Waals surface area contributed by atoms with Gasteiger partial charge in [0.25, 0.3) is 5.91 Å². The number of nitrogens with one attached hydrogen (secondary N) is 2. The number of hydrogen-bond donors (Lipinski definition) is 2. The van der Waals surface area contributed by atoms with Crippen LogP contribution in [0.4, 0.5) is 4.39 Å². The molecule has 150 valence electrons. The number of imidazole rings is 1. The number of hydrogen-bond acceptors (Lipinski definition) is 3. The van der Waals surface area contributed by atoms with Crippen molar-refractivity contribution >= 4 is 23.4 Å². The van der Waals surface area contributed by atoms with Crippen LogP contribution in [0.3, 0.4) is 0 Å². The molecule has 0 saturated heterocycles. The lowest BCUT2D eigenvalue weighted by Crippen LogP contribution is -2.34. The van der Waals surface area contributed by atoms with Crippen molar-refractivity contribution in [2.75, 3.05) is 6.54 Å². The maximum atomic E-state index is 13.7. The van der Waals surface area contributed by atoms with Crippen LogP contribution in [0.25, 0.3) is 0 Å². The van der Waals surface area contributed by atoms with Crippen molar-refractivity contribution in [1.82, 2.24) is 20.2 Å². The molecule has 1 aromatic heterocycles. The second-order valence-corrected chi connectivity index (χ2v) is 6.90. The van der Waals surface area contributed by atoms with E-state index in [0.717, 1.165) is 0 Å². The fourth-order valence-electron chi connectivity index (χ4n) is 2.86. The molecule has 0 spiro atoms. The molecule has 1 unspecified atom stereocenters. The number of aryl methyl sites for hydroxylation is 1. The lowest BCUT2D eigenvalue weighted by atomic mass is 10.1. The number of halogens is 2. The Kier molecular flexibility index (Phi) is 6.61. The summed E-state index contributed by atoms with van der Waals surface area (Å²) in [6.07, 6.45) is 3.43. The highest BCUT2D eigenvalue weighted by Gasteiger charge is 2.21. The average molecular weight is 415 g/mol. The fraction of sp³-hybridized carbons (Fsp3) is 0.190. The Morgan fingerprint density at radius 1 is 1.21 bits per heavy atom. The topological polar surface area (TPSA) is 76.0 Å². The van der Waals surface area contributed by atoms with Gasteiger partial charge in [0.15, 0.2) is 0 Å². The summed E-state index contributed by atoms with van der Waals surface area (Å²) in [5, 5.41) is 6.10. The van der Waals surface area contributed by atoms with Crippen molar-refractivity contribution in [2.45, 2.75) is 12.5 Å². The van der Waals surface area contributed by atoms with Crippen LogP contribution in [0, 0.1) is 5.82 Å². The van der Waals surface area contributed by atoms with Crippen molar-refractivity contribution in [1.29, 1.82) is 0 Å². The molecule has 0 aliphatic rings. The second kappa shape index (κ2) is 9.34. The molecule has 8 heteroatoms. The highest BCUT2D eigenvalue weighted by molar-refractivity contribution is 6.30.